The van der Waals surface area contributed by atoms with Crippen LogP contribution < -0.4 is 0 Å². The fourth-order valence-electron chi connectivity index (χ4n) is 1.23. The Balaban J connectivity index is 3.24. The largest absolute Gasteiger partial charge is 0.416 e. The zero-order valence-electron chi connectivity index (χ0n) is 8.73. The van der Waals surface area contributed by atoms with E-state index in [0.29, 0.717) is 3.57 Å². The summed E-state index contributed by atoms with van der Waals surface area (Å²) >= 11 is 1.78. The van der Waals surface area contributed by atoms with E-state index in [-0.39, 0.29) is 17.3 Å². The van der Waals surface area contributed by atoms with E-state index in [2.05, 4.69) is 0 Å². The number of rotatable bonds is 2. The molecule has 0 saturated heterocycles. The lowest BCUT2D eigenvalue weighted by molar-refractivity contribution is -0.137. The van der Waals surface area contributed by atoms with E-state index < -0.39 is 11.7 Å². The molecule has 0 atom stereocenters. The summed E-state index contributed by atoms with van der Waals surface area (Å²) in [5.74, 6) is -0.580. The van der Waals surface area contributed by atoms with Gasteiger partial charge in [-0.3, -0.25) is 4.79 Å². The third kappa shape index (κ3) is 3.20. The van der Waals surface area contributed by atoms with E-state index in [1.54, 1.807) is 36.4 Å². The van der Waals surface area contributed by atoms with Crippen molar-refractivity contribution in [2.24, 2.45) is 5.92 Å². The van der Waals surface area contributed by atoms with Gasteiger partial charge in [0.05, 0.1) is 5.56 Å². The molecule has 0 spiro atoms. The summed E-state index contributed by atoms with van der Waals surface area (Å²) in [6.07, 6.45) is -4.41. The maximum absolute atomic E-state index is 12.5. The molecule has 0 amide bonds. The summed E-state index contributed by atoms with van der Waals surface area (Å²) in [6.45, 7) is 3.32. The van der Waals surface area contributed by atoms with Gasteiger partial charge in [0, 0.05) is 15.1 Å². The molecule has 0 unspecified atom stereocenters. The normalized spacial score (nSPS) is 11.9. The second-order valence-electron chi connectivity index (χ2n) is 3.75. The first-order valence-corrected chi connectivity index (χ1v) is 5.71. The van der Waals surface area contributed by atoms with E-state index in [1.807, 2.05) is 0 Å². The highest BCUT2D eigenvalue weighted by molar-refractivity contribution is 14.1. The highest BCUT2D eigenvalue weighted by Gasteiger charge is 2.31. The number of carbonyl (C=O) groups excluding carboxylic acids is 1. The van der Waals surface area contributed by atoms with E-state index in [4.69, 9.17) is 0 Å². The van der Waals surface area contributed by atoms with Crippen molar-refractivity contribution in [3.05, 3.63) is 32.9 Å². The van der Waals surface area contributed by atoms with Crippen LogP contribution in [-0.2, 0) is 6.18 Å². The van der Waals surface area contributed by atoms with Gasteiger partial charge < -0.3 is 0 Å². The molecule has 0 heterocycles. The predicted octanol–water partition coefficient (Wildman–Crippen LogP) is 4.15. The molecule has 5 heteroatoms. The molecule has 0 bridgehead atoms. The molecule has 1 aromatic carbocycles. The van der Waals surface area contributed by atoms with Gasteiger partial charge in [-0.25, -0.2) is 0 Å². The van der Waals surface area contributed by atoms with Crippen molar-refractivity contribution < 1.29 is 18.0 Å². The van der Waals surface area contributed by atoms with Crippen molar-refractivity contribution in [3.63, 3.8) is 0 Å². The lowest BCUT2D eigenvalue weighted by Crippen LogP contribution is -2.11. The van der Waals surface area contributed by atoms with E-state index >= 15 is 0 Å². The van der Waals surface area contributed by atoms with Crippen molar-refractivity contribution in [2.45, 2.75) is 20.0 Å². The smallest absolute Gasteiger partial charge is 0.294 e. The molecule has 1 nitrogen and oxygen atoms in total. The van der Waals surface area contributed by atoms with Crippen molar-refractivity contribution >= 4 is 28.4 Å². The number of hydrogen-bond donors (Lipinski definition) is 0. The van der Waals surface area contributed by atoms with Crippen LogP contribution >= 0.6 is 22.6 Å². The summed E-state index contributed by atoms with van der Waals surface area (Å²) in [7, 11) is 0. The number of carbonyl (C=O) groups is 1. The van der Waals surface area contributed by atoms with Crippen LogP contribution in [0.2, 0.25) is 0 Å². The van der Waals surface area contributed by atoms with Gasteiger partial charge in [-0.1, -0.05) is 13.8 Å². The number of alkyl halides is 3. The van der Waals surface area contributed by atoms with Gasteiger partial charge in [0.2, 0.25) is 0 Å². The number of ketones is 1. The molecule has 0 saturated carbocycles. The maximum atomic E-state index is 12.5. The topological polar surface area (TPSA) is 17.1 Å². The Labute approximate surface area is 105 Å². The SMILES string of the molecule is CC(C)C(=O)c1cc(I)cc(C(F)(F)F)c1. The minimum Gasteiger partial charge on any atom is -0.294 e. The lowest BCUT2D eigenvalue weighted by Gasteiger charge is -2.10. The Morgan fingerprint density at radius 1 is 1.25 bits per heavy atom. The van der Waals surface area contributed by atoms with Crippen molar-refractivity contribution in [2.75, 3.05) is 0 Å². The van der Waals surface area contributed by atoms with Gasteiger partial charge in [-0.05, 0) is 40.8 Å². The second kappa shape index (κ2) is 4.73. The molecule has 0 N–H and O–H groups in total. The van der Waals surface area contributed by atoms with Crippen molar-refractivity contribution in [1.82, 2.24) is 0 Å². The van der Waals surface area contributed by atoms with Gasteiger partial charge in [-0.15, -0.1) is 0 Å². The monoisotopic (exact) mass is 342 g/mol. The van der Waals surface area contributed by atoms with Crippen LogP contribution in [0.1, 0.15) is 29.8 Å². The Morgan fingerprint density at radius 2 is 1.81 bits per heavy atom. The van der Waals surface area contributed by atoms with Crippen LogP contribution in [0.25, 0.3) is 0 Å². The minimum atomic E-state index is -4.41. The van der Waals surface area contributed by atoms with Crippen LogP contribution in [0, 0.1) is 9.49 Å². The second-order valence-corrected chi connectivity index (χ2v) is 4.99. The number of halogens is 4. The molecular formula is C11H10F3IO. The minimum absolute atomic E-state index is 0.120. The zero-order chi connectivity index (χ0) is 12.5. The Morgan fingerprint density at radius 3 is 2.25 bits per heavy atom. The first-order chi connectivity index (χ1) is 7.21. The van der Waals surface area contributed by atoms with Gasteiger partial charge in [0.25, 0.3) is 0 Å². The summed E-state index contributed by atoms with van der Waals surface area (Å²) in [6, 6.07) is 3.40. The van der Waals surface area contributed by atoms with Crippen LogP contribution in [0.4, 0.5) is 13.2 Å². The molecule has 0 aromatic heterocycles. The van der Waals surface area contributed by atoms with Gasteiger partial charge in [0.15, 0.2) is 5.78 Å². The molecule has 88 valence electrons. The zero-order valence-corrected chi connectivity index (χ0v) is 10.9. The number of Topliss-reactive ketones (excluding diaryl/α,β-unsaturated/α-hetero) is 1. The van der Waals surface area contributed by atoms with Gasteiger partial charge >= 0.3 is 6.18 Å². The first-order valence-electron chi connectivity index (χ1n) is 4.64. The third-order valence-corrected chi connectivity index (χ3v) is 2.66. The van der Waals surface area contributed by atoms with Crippen LogP contribution in [0.5, 0.6) is 0 Å². The summed E-state index contributed by atoms with van der Waals surface area (Å²) in [5.41, 5.74) is -0.655. The average molecular weight is 342 g/mol. The quantitative estimate of drug-likeness (QED) is 0.583. The molecule has 1 aromatic rings. The number of hydrogen-bond acceptors (Lipinski definition) is 1. The highest BCUT2D eigenvalue weighted by Crippen LogP contribution is 2.31. The molecular weight excluding hydrogens is 332 g/mol. The first kappa shape index (κ1) is 13.5. The van der Waals surface area contributed by atoms with E-state index in [9.17, 15) is 18.0 Å². The van der Waals surface area contributed by atoms with Gasteiger partial charge in [-0.2, -0.15) is 13.2 Å². The maximum Gasteiger partial charge on any atom is 0.416 e. The van der Waals surface area contributed by atoms with E-state index in [1.165, 1.54) is 6.07 Å². The average Bonchev–Trinajstić information content (AvgIpc) is 2.14. The Hall–Kier alpha value is -0.590. The van der Waals surface area contributed by atoms with Crippen molar-refractivity contribution in [3.8, 4) is 0 Å². The summed E-state index contributed by atoms with van der Waals surface area (Å²) in [5, 5.41) is 0. The fourth-order valence-corrected chi connectivity index (χ4v) is 1.90. The number of benzene rings is 1. The highest BCUT2D eigenvalue weighted by atomic mass is 127. The van der Waals surface area contributed by atoms with E-state index in [0.717, 1.165) is 12.1 Å². The Kier molecular flexibility index (Phi) is 3.98. The molecule has 0 aliphatic rings. The molecule has 0 aliphatic heterocycles. The fraction of sp³-hybridized carbons (Fsp3) is 0.364. The van der Waals surface area contributed by atoms with Crippen LogP contribution in [-0.4, -0.2) is 5.78 Å². The summed E-state index contributed by atoms with van der Waals surface area (Å²) in [4.78, 5) is 11.6. The predicted molar refractivity (Wildman–Crippen MR) is 63.3 cm³/mol. The van der Waals surface area contributed by atoms with Crippen molar-refractivity contribution in [1.29, 1.82) is 0 Å². The molecule has 1 rings (SSSR count). The standard InChI is InChI=1S/C11H10F3IO/c1-6(2)10(16)7-3-8(11(12,13)14)5-9(15)4-7/h3-6H,1-2H3. The van der Waals surface area contributed by atoms with Crippen LogP contribution in [0.15, 0.2) is 18.2 Å². The van der Waals surface area contributed by atoms with Gasteiger partial charge in [0.1, 0.15) is 0 Å². The molecule has 0 fully saturated rings. The molecule has 0 aliphatic carbocycles. The molecule has 0 radical (unpaired) electrons. The summed E-state index contributed by atoms with van der Waals surface area (Å²) < 4.78 is 37.9. The molecule has 16 heavy (non-hydrogen) atoms. The Bertz CT molecular complexity index is 410. The van der Waals surface area contributed by atoms with Crippen LogP contribution in [0.3, 0.4) is 0 Å². The lowest BCUT2D eigenvalue weighted by atomic mass is 9.99. The third-order valence-electron chi connectivity index (χ3n) is 2.03.